The minimum atomic E-state index is -2.92. The van der Waals surface area contributed by atoms with Crippen LogP contribution in [0.3, 0.4) is 0 Å². The molecule has 4 nitrogen and oxygen atoms in total. The van der Waals surface area contributed by atoms with E-state index in [4.69, 9.17) is 5.73 Å². The molecule has 0 aliphatic heterocycles. The van der Waals surface area contributed by atoms with E-state index in [9.17, 15) is 8.78 Å². The van der Waals surface area contributed by atoms with Crippen molar-refractivity contribution in [1.82, 2.24) is 10.3 Å². The monoisotopic (exact) mass is 394 g/mol. The fraction of sp³-hybridized carbons (Fsp3) is 0.174. The molecule has 0 amide bonds. The lowest BCUT2D eigenvalue weighted by Crippen LogP contribution is -2.28. The van der Waals surface area contributed by atoms with Crippen molar-refractivity contribution in [2.24, 2.45) is 0 Å². The first-order chi connectivity index (χ1) is 13.8. The molecule has 0 aliphatic carbocycles. The molecular formula is C23H24F2N4. The van der Waals surface area contributed by atoms with Crippen LogP contribution in [0.5, 0.6) is 0 Å². The molecule has 0 atom stereocenters. The number of rotatable bonds is 7. The minimum Gasteiger partial charge on any atom is -0.396 e. The molecule has 3 rings (SSSR count). The van der Waals surface area contributed by atoms with Gasteiger partial charge >= 0.3 is 0 Å². The van der Waals surface area contributed by atoms with Gasteiger partial charge in [0.2, 0.25) is 0 Å². The Hall–Kier alpha value is -3.41. The number of alkyl halides is 2. The first kappa shape index (κ1) is 20.3. The second-order valence-corrected chi connectivity index (χ2v) is 6.92. The number of aromatic nitrogens is 1. The van der Waals surface area contributed by atoms with E-state index in [1.165, 1.54) is 12.1 Å². The van der Waals surface area contributed by atoms with Crippen molar-refractivity contribution in [2.45, 2.75) is 19.4 Å². The van der Waals surface area contributed by atoms with Crippen molar-refractivity contribution in [3.05, 3.63) is 90.3 Å². The van der Waals surface area contributed by atoms with Crippen molar-refractivity contribution >= 4 is 11.5 Å². The number of pyridine rings is 1. The number of nitrogens with zero attached hydrogens (tertiary/aromatic N) is 2. The third-order valence-electron chi connectivity index (χ3n) is 4.63. The zero-order chi connectivity index (χ0) is 21.0. The van der Waals surface area contributed by atoms with Gasteiger partial charge in [-0.05, 0) is 23.8 Å². The van der Waals surface area contributed by atoms with Gasteiger partial charge in [0.05, 0.1) is 17.2 Å². The predicted molar refractivity (Wildman–Crippen MR) is 114 cm³/mol. The van der Waals surface area contributed by atoms with Gasteiger partial charge in [-0.25, -0.2) is 13.8 Å². The highest BCUT2D eigenvalue weighted by molar-refractivity contribution is 5.71. The SMILES string of the molecule is C=C(NCc1ccccc1)N(C)c1nc(-c2cccc(C(C)(F)F)c2)ccc1N. The Morgan fingerprint density at radius 3 is 2.52 bits per heavy atom. The normalized spacial score (nSPS) is 11.2. The molecule has 1 aromatic heterocycles. The Morgan fingerprint density at radius 1 is 1.10 bits per heavy atom. The fourth-order valence-corrected chi connectivity index (χ4v) is 2.89. The van der Waals surface area contributed by atoms with Gasteiger partial charge in [0.1, 0.15) is 0 Å². The lowest BCUT2D eigenvalue weighted by molar-refractivity contribution is 0.0175. The highest BCUT2D eigenvalue weighted by Gasteiger charge is 2.24. The average molecular weight is 394 g/mol. The summed E-state index contributed by atoms with van der Waals surface area (Å²) in [6, 6.07) is 19.6. The van der Waals surface area contributed by atoms with Gasteiger partial charge in [-0.1, -0.05) is 55.1 Å². The summed E-state index contributed by atoms with van der Waals surface area (Å²) in [6.45, 7) is 5.54. The smallest absolute Gasteiger partial charge is 0.270 e. The molecule has 0 unspecified atom stereocenters. The summed E-state index contributed by atoms with van der Waals surface area (Å²) < 4.78 is 27.4. The molecule has 6 heteroatoms. The number of nitrogens with one attached hydrogen (secondary N) is 1. The first-order valence-corrected chi connectivity index (χ1v) is 9.21. The van der Waals surface area contributed by atoms with Crippen LogP contribution in [-0.4, -0.2) is 12.0 Å². The van der Waals surface area contributed by atoms with Gasteiger partial charge in [0.25, 0.3) is 5.92 Å². The summed E-state index contributed by atoms with van der Waals surface area (Å²) >= 11 is 0. The summed E-state index contributed by atoms with van der Waals surface area (Å²) in [5, 5.41) is 3.25. The number of nitrogens with two attached hydrogens (primary N) is 1. The van der Waals surface area contributed by atoms with E-state index >= 15 is 0 Å². The van der Waals surface area contributed by atoms with Gasteiger partial charge in [0, 0.05) is 31.6 Å². The lowest BCUT2D eigenvalue weighted by atomic mass is 10.0. The van der Waals surface area contributed by atoms with Crippen LogP contribution in [0.2, 0.25) is 0 Å². The lowest BCUT2D eigenvalue weighted by Gasteiger charge is -2.24. The summed E-state index contributed by atoms with van der Waals surface area (Å²) in [5.41, 5.74) is 8.81. The van der Waals surface area contributed by atoms with Crippen LogP contribution >= 0.6 is 0 Å². The number of anilines is 2. The highest BCUT2D eigenvalue weighted by atomic mass is 19.3. The van der Waals surface area contributed by atoms with Gasteiger partial charge in [-0.15, -0.1) is 0 Å². The van der Waals surface area contributed by atoms with Crippen LogP contribution in [0, 0.1) is 0 Å². The first-order valence-electron chi connectivity index (χ1n) is 9.21. The van der Waals surface area contributed by atoms with Crippen molar-refractivity contribution in [2.75, 3.05) is 17.7 Å². The van der Waals surface area contributed by atoms with Crippen LogP contribution in [0.25, 0.3) is 11.3 Å². The van der Waals surface area contributed by atoms with Crippen molar-refractivity contribution in [1.29, 1.82) is 0 Å². The fourth-order valence-electron chi connectivity index (χ4n) is 2.89. The molecule has 0 saturated heterocycles. The van der Waals surface area contributed by atoms with E-state index in [1.54, 1.807) is 36.2 Å². The standard InChI is InChI=1S/C23H24F2N4/c1-16(27-15-17-8-5-4-6-9-17)29(3)22-20(26)12-13-21(28-22)18-10-7-11-19(14-18)23(2,24)25/h4-14,27H,1,15,26H2,2-3H3. The second kappa shape index (κ2) is 8.31. The molecule has 150 valence electrons. The van der Waals surface area contributed by atoms with Crippen LogP contribution < -0.4 is 16.0 Å². The quantitative estimate of drug-likeness (QED) is 0.583. The maximum Gasteiger partial charge on any atom is 0.270 e. The molecule has 1 heterocycles. The van der Waals surface area contributed by atoms with E-state index in [-0.39, 0.29) is 5.56 Å². The molecule has 0 fully saturated rings. The average Bonchev–Trinajstić information content (AvgIpc) is 2.72. The topological polar surface area (TPSA) is 54.2 Å². The Bertz CT molecular complexity index is 997. The molecule has 0 aliphatic rings. The third kappa shape index (κ3) is 4.90. The van der Waals surface area contributed by atoms with Crippen molar-refractivity contribution < 1.29 is 8.78 Å². The van der Waals surface area contributed by atoms with Crippen LogP contribution in [0.1, 0.15) is 18.1 Å². The van der Waals surface area contributed by atoms with Crippen molar-refractivity contribution in [3.8, 4) is 11.3 Å². The molecule has 0 saturated carbocycles. The van der Waals surface area contributed by atoms with Gasteiger partial charge in [-0.2, -0.15) is 0 Å². The summed E-state index contributed by atoms with van der Waals surface area (Å²) in [4.78, 5) is 6.35. The van der Waals surface area contributed by atoms with E-state index in [2.05, 4.69) is 16.9 Å². The summed E-state index contributed by atoms with van der Waals surface area (Å²) in [6.07, 6.45) is 0. The van der Waals surface area contributed by atoms with E-state index in [1.807, 2.05) is 30.3 Å². The summed E-state index contributed by atoms with van der Waals surface area (Å²) in [5.74, 6) is -1.79. The third-order valence-corrected chi connectivity index (χ3v) is 4.63. The maximum absolute atomic E-state index is 13.7. The number of hydrogen-bond acceptors (Lipinski definition) is 4. The maximum atomic E-state index is 13.7. The Morgan fingerprint density at radius 2 is 1.83 bits per heavy atom. The van der Waals surface area contributed by atoms with E-state index in [0.717, 1.165) is 12.5 Å². The van der Waals surface area contributed by atoms with Gasteiger partial charge in [-0.3, -0.25) is 0 Å². The van der Waals surface area contributed by atoms with Crippen LogP contribution in [0.4, 0.5) is 20.3 Å². The Labute approximate surface area is 169 Å². The Balaban J connectivity index is 1.82. The summed E-state index contributed by atoms with van der Waals surface area (Å²) in [7, 11) is 1.80. The molecule has 0 spiro atoms. The van der Waals surface area contributed by atoms with Gasteiger partial charge < -0.3 is 16.0 Å². The van der Waals surface area contributed by atoms with Gasteiger partial charge in [0.15, 0.2) is 5.82 Å². The van der Waals surface area contributed by atoms with Crippen LogP contribution in [-0.2, 0) is 12.5 Å². The molecule has 0 bridgehead atoms. The minimum absolute atomic E-state index is 0.0579. The zero-order valence-corrected chi connectivity index (χ0v) is 16.5. The zero-order valence-electron chi connectivity index (χ0n) is 16.5. The van der Waals surface area contributed by atoms with Crippen LogP contribution in [0.15, 0.2) is 79.1 Å². The second-order valence-electron chi connectivity index (χ2n) is 6.92. The van der Waals surface area contributed by atoms with Crippen molar-refractivity contribution in [3.63, 3.8) is 0 Å². The number of benzene rings is 2. The molecule has 29 heavy (non-hydrogen) atoms. The molecule has 2 aromatic carbocycles. The molecule has 3 N–H and O–H groups in total. The predicted octanol–water partition coefficient (Wildman–Crippen LogP) is 5.14. The van der Waals surface area contributed by atoms with E-state index in [0.29, 0.717) is 35.1 Å². The number of halogens is 2. The largest absolute Gasteiger partial charge is 0.396 e. The molecule has 0 radical (unpaired) electrons. The van der Waals surface area contributed by atoms with E-state index < -0.39 is 5.92 Å². The molecule has 3 aromatic rings. The number of hydrogen-bond donors (Lipinski definition) is 2. The Kier molecular flexibility index (Phi) is 5.82. The highest BCUT2D eigenvalue weighted by Crippen LogP contribution is 2.31. The number of nitrogen functional groups attached to an aromatic ring is 1. The molecular weight excluding hydrogens is 370 g/mol.